The molecule has 0 saturated carbocycles. The molecule has 0 unspecified atom stereocenters. The van der Waals surface area contributed by atoms with Gasteiger partial charge in [0.2, 0.25) is 0 Å². The van der Waals surface area contributed by atoms with Gasteiger partial charge in [-0.2, -0.15) is 0 Å². The molecular weight excluding hydrogens is 483 g/mol. The Hall–Kier alpha value is -2.51. The van der Waals surface area contributed by atoms with Gasteiger partial charge in [0, 0.05) is 5.56 Å². The van der Waals surface area contributed by atoms with Gasteiger partial charge < -0.3 is 7.43 Å². The van der Waals surface area contributed by atoms with Crippen LogP contribution in [-0.4, -0.2) is 11.9 Å². The quantitative estimate of drug-likeness (QED) is 0.159. The van der Waals surface area contributed by atoms with Crippen LogP contribution < -0.4 is 0 Å². The van der Waals surface area contributed by atoms with E-state index in [0.29, 0.717) is 23.7 Å². The number of hydrogen-bond acceptors (Lipinski definition) is 2. The predicted molar refractivity (Wildman–Crippen MR) is 156 cm³/mol. The van der Waals surface area contributed by atoms with Gasteiger partial charge in [-0.15, -0.1) is 0 Å². The van der Waals surface area contributed by atoms with Gasteiger partial charge >= 0.3 is 16.5 Å². The zero-order valence-electron chi connectivity index (χ0n) is 23.4. The fraction of sp³-hybridized carbons (Fsp3) is 0.364. The van der Waals surface area contributed by atoms with Gasteiger partial charge in [0.05, 0.1) is 23.3 Å². The number of aliphatic imine (C=N–C) groups is 2. The van der Waals surface area contributed by atoms with Gasteiger partial charge in [-0.1, -0.05) is 122 Å². The molecule has 0 N–H and O–H groups in total. The van der Waals surface area contributed by atoms with Crippen molar-refractivity contribution in [1.29, 1.82) is 0 Å². The Morgan fingerprint density at radius 2 is 0.944 bits per heavy atom. The van der Waals surface area contributed by atoms with Gasteiger partial charge in [0.1, 0.15) is 0 Å². The number of nitrogens with zero attached hydrogens (tertiary/aromatic N) is 2. The first-order chi connectivity index (χ1) is 16.2. The molecule has 0 aliphatic rings. The van der Waals surface area contributed by atoms with Crippen molar-refractivity contribution in [2.45, 2.75) is 79.1 Å². The van der Waals surface area contributed by atoms with E-state index in [1.807, 2.05) is 12.3 Å². The van der Waals surface area contributed by atoms with E-state index < -0.39 is 0 Å². The Morgan fingerprint density at radius 3 is 1.33 bits per heavy atom. The normalized spacial score (nSPS) is 11.9. The van der Waals surface area contributed by atoms with E-state index in [9.17, 15) is 0 Å². The first-order valence-electron chi connectivity index (χ1n) is 12.6. The van der Waals surface area contributed by atoms with Gasteiger partial charge in [0.15, 0.2) is 0 Å². The van der Waals surface area contributed by atoms with E-state index in [1.54, 1.807) is 0 Å². The van der Waals surface area contributed by atoms with Crippen molar-refractivity contribution < 1.29 is 16.5 Å². The molecular formula is C33H43N2Ni+. The summed E-state index contributed by atoms with van der Waals surface area (Å²) in [6, 6.07) is 23.6. The molecule has 0 atom stereocenters. The Balaban J connectivity index is 0.00000324. The van der Waals surface area contributed by atoms with Crippen molar-refractivity contribution in [3.05, 3.63) is 102 Å². The van der Waals surface area contributed by atoms with Crippen molar-refractivity contribution in [2.75, 3.05) is 0 Å². The van der Waals surface area contributed by atoms with Crippen LogP contribution in [0.2, 0.25) is 0 Å². The van der Waals surface area contributed by atoms with Gasteiger partial charge in [0.25, 0.3) is 0 Å². The summed E-state index contributed by atoms with van der Waals surface area (Å²) in [5.41, 5.74) is 9.24. The van der Waals surface area contributed by atoms with Crippen LogP contribution >= 0.6 is 0 Å². The third kappa shape index (κ3) is 7.50. The molecule has 0 amide bonds. The van der Waals surface area contributed by atoms with E-state index in [4.69, 9.17) is 9.98 Å². The number of benzene rings is 3. The van der Waals surface area contributed by atoms with Crippen molar-refractivity contribution in [1.82, 2.24) is 0 Å². The first kappa shape index (κ1) is 31.5. The third-order valence-electron chi connectivity index (χ3n) is 6.30. The maximum Gasteiger partial charge on any atom is 2.00 e. The smallest absolute Gasteiger partial charge is 0.358 e. The SMILES string of the molecule is CC(C)c1cccc(C(C)C)c1N=CC(=Nc1c(C(C)C)cccc1C(C)C)c1ccccc1.[CH3-].[Ni+2]. The van der Waals surface area contributed by atoms with Crippen LogP contribution in [0.1, 0.15) is 107 Å². The summed E-state index contributed by atoms with van der Waals surface area (Å²) in [6.07, 6.45) is 1.98. The Bertz CT molecular complexity index is 1100. The average Bonchev–Trinajstić information content (AvgIpc) is 2.81. The molecule has 3 aromatic carbocycles. The van der Waals surface area contributed by atoms with E-state index in [2.05, 4.69) is 116 Å². The molecule has 36 heavy (non-hydrogen) atoms. The number of para-hydroxylation sites is 2. The molecule has 3 rings (SSSR count). The second-order valence-electron chi connectivity index (χ2n) is 10.3. The van der Waals surface area contributed by atoms with Crippen LogP contribution in [0.5, 0.6) is 0 Å². The molecule has 0 aliphatic heterocycles. The molecule has 0 aromatic heterocycles. The van der Waals surface area contributed by atoms with Gasteiger partial charge in [-0.05, 0) is 45.9 Å². The standard InChI is InChI=1S/C32H40N2.CH3.Ni/c1-21(2)26-16-12-17-27(22(3)4)31(26)33-20-30(25-14-10-9-11-15-25)34-32-28(23(5)6)18-13-19-29(32)24(7)8;;/h9-24H,1-8H3;1H3;/q;-1;+2. The van der Waals surface area contributed by atoms with E-state index in [1.165, 1.54) is 22.3 Å². The molecule has 0 spiro atoms. The average molecular weight is 526 g/mol. The minimum absolute atomic E-state index is 0. The Labute approximate surface area is 230 Å². The molecule has 0 bridgehead atoms. The molecule has 2 nitrogen and oxygen atoms in total. The fourth-order valence-electron chi connectivity index (χ4n) is 4.32. The largest absolute Gasteiger partial charge is 2.00 e. The molecule has 194 valence electrons. The van der Waals surface area contributed by atoms with Crippen molar-refractivity contribution in [3.63, 3.8) is 0 Å². The molecule has 3 aromatic rings. The third-order valence-corrected chi connectivity index (χ3v) is 6.30. The van der Waals surface area contributed by atoms with E-state index >= 15 is 0 Å². The minimum Gasteiger partial charge on any atom is -0.358 e. The van der Waals surface area contributed by atoms with Crippen LogP contribution in [0.15, 0.2) is 76.7 Å². The van der Waals surface area contributed by atoms with Crippen molar-refractivity contribution in [3.8, 4) is 0 Å². The molecule has 0 saturated heterocycles. The topological polar surface area (TPSA) is 24.7 Å². The molecule has 3 heteroatoms. The Morgan fingerprint density at radius 1 is 0.556 bits per heavy atom. The van der Waals surface area contributed by atoms with E-state index in [0.717, 1.165) is 22.6 Å². The van der Waals surface area contributed by atoms with Crippen LogP contribution in [-0.2, 0) is 16.5 Å². The zero-order chi connectivity index (χ0) is 24.8. The maximum absolute atomic E-state index is 5.30. The monoisotopic (exact) mass is 525 g/mol. The summed E-state index contributed by atoms with van der Waals surface area (Å²) >= 11 is 0. The van der Waals surface area contributed by atoms with Crippen molar-refractivity contribution in [2.24, 2.45) is 9.98 Å². The zero-order valence-corrected chi connectivity index (χ0v) is 24.4. The van der Waals surface area contributed by atoms with Crippen LogP contribution in [0.4, 0.5) is 11.4 Å². The Kier molecular flexibility index (Phi) is 12.5. The summed E-state index contributed by atoms with van der Waals surface area (Å²) in [5, 5.41) is 0. The van der Waals surface area contributed by atoms with Gasteiger partial charge in [-0.3, -0.25) is 4.99 Å². The summed E-state index contributed by atoms with van der Waals surface area (Å²) < 4.78 is 0. The van der Waals surface area contributed by atoms with Crippen LogP contribution in [0.3, 0.4) is 0 Å². The first-order valence-corrected chi connectivity index (χ1v) is 12.6. The minimum atomic E-state index is 0. The molecule has 0 fully saturated rings. The summed E-state index contributed by atoms with van der Waals surface area (Å²) in [5.74, 6) is 1.58. The second-order valence-corrected chi connectivity index (χ2v) is 10.3. The van der Waals surface area contributed by atoms with Crippen LogP contribution in [0.25, 0.3) is 0 Å². The number of rotatable bonds is 8. The summed E-state index contributed by atoms with van der Waals surface area (Å²) in [6.45, 7) is 17.9. The summed E-state index contributed by atoms with van der Waals surface area (Å²) in [4.78, 5) is 10.4. The van der Waals surface area contributed by atoms with Crippen LogP contribution in [0, 0.1) is 7.43 Å². The number of hydrogen-bond donors (Lipinski definition) is 0. The maximum atomic E-state index is 5.30. The molecule has 0 aliphatic carbocycles. The predicted octanol–water partition coefficient (Wildman–Crippen LogP) is 10.2. The molecule has 0 heterocycles. The molecule has 0 radical (unpaired) electrons. The van der Waals surface area contributed by atoms with E-state index in [-0.39, 0.29) is 23.9 Å². The summed E-state index contributed by atoms with van der Waals surface area (Å²) in [7, 11) is 0. The fourth-order valence-corrected chi connectivity index (χ4v) is 4.32. The second kappa shape index (κ2) is 14.3. The van der Waals surface area contributed by atoms with Crippen molar-refractivity contribution >= 4 is 23.3 Å². The van der Waals surface area contributed by atoms with Gasteiger partial charge in [-0.25, -0.2) is 4.99 Å².